The van der Waals surface area contributed by atoms with E-state index < -0.39 is 6.04 Å². The zero-order valence-electron chi connectivity index (χ0n) is 12.8. The Kier molecular flexibility index (Phi) is 5.29. The van der Waals surface area contributed by atoms with Gasteiger partial charge in [-0.2, -0.15) is 0 Å². The lowest BCUT2D eigenvalue weighted by molar-refractivity contribution is -0.123. The van der Waals surface area contributed by atoms with Gasteiger partial charge in [-0.1, -0.05) is 68.4 Å². The molecule has 2 atom stereocenters. The van der Waals surface area contributed by atoms with Gasteiger partial charge < -0.3 is 5.73 Å². The summed E-state index contributed by atoms with van der Waals surface area (Å²) in [5.74, 6) is 0.202. The fourth-order valence-electron chi connectivity index (χ4n) is 2.39. The van der Waals surface area contributed by atoms with Crippen molar-refractivity contribution in [3.8, 4) is 11.1 Å². The number of carbonyl (C=O) groups excluding carboxylic acids is 1. The Hall–Kier alpha value is -1.93. The molecule has 0 radical (unpaired) electrons. The Bertz CT molecular complexity index is 574. The molecule has 110 valence electrons. The molecule has 2 rings (SSSR count). The average molecular weight is 281 g/mol. The SMILES string of the molecule is CCC(C)C(=O)C(N)Cc1ccc(-c2ccccc2)cc1. The van der Waals surface area contributed by atoms with Crippen molar-refractivity contribution in [1.82, 2.24) is 0 Å². The molecule has 2 nitrogen and oxygen atoms in total. The highest BCUT2D eigenvalue weighted by molar-refractivity contribution is 5.86. The van der Waals surface area contributed by atoms with E-state index in [0.717, 1.165) is 12.0 Å². The van der Waals surface area contributed by atoms with E-state index in [0.29, 0.717) is 6.42 Å². The molecule has 0 amide bonds. The van der Waals surface area contributed by atoms with E-state index in [1.165, 1.54) is 11.1 Å². The van der Waals surface area contributed by atoms with Crippen LogP contribution in [-0.2, 0) is 11.2 Å². The number of carbonyl (C=O) groups is 1. The van der Waals surface area contributed by atoms with Crippen LogP contribution in [0.2, 0.25) is 0 Å². The van der Waals surface area contributed by atoms with Gasteiger partial charge in [0.2, 0.25) is 0 Å². The van der Waals surface area contributed by atoms with Crippen molar-refractivity contribution in [3.63, 3.8) is 0 Å². The summed E-state index contributed by atoms with van der Waals surface area (Å²) in [6, 6.07) is 18.2. The van der Waals surface area contributed by atoms with Crippen LogP contribution >= 0.6 is 0 Å². The molecule has 2 heteroatoms. The summed E-state index contributed by atoms with van der Waals surface area (Å²) in [5, 5.41) is 0. The predicted octanol–water partition coefficient (Wildman–Crippen LogP) is 3.84. The van der Waals surface area contributed by atoms with Crippen LogP contribution in [-0.4, -0.2) is 11.8 Å². The normalized spacial score (nSPS) is 13.7. The van der Waals surface area contributed by atoms with E-state index in [1.807, 2.05) is 32.0 Å². The highest BCUT2D eigenvalue weighted by Gasteiger charge is 2.19. The molecule has 0 fully saturated rings. The zero-order chi connectivity index (χ0) is 15.2. The second-order valence-corrected chi connectivity index (χ2v) is 5.59. The number of Topliss-reactive ketones (excluding diaryl/α,β-unsaturated/α-hetero) is 1. The van der Waals surface area contributed by atoms with Crippen molar-refractivity contribution in [2.75, 3.05) is 0 Å². The number of benzene rings is 2. The minimum atomic E-state index is -0.400. The van der Waals surface area contributed by atoms with Crippen molar-refractivity contribution in [3.05, 3.63) is 60.2 Å². The van der Waals surface area contributed by atoms with Crippen LogP contribution in [0.4, 0.5) is 0 Å². The largest absolute Gasteiger partial charge is 0.321 e. The van der Waals surface area contributed by atoms with Crippen molar-refractivity contribution in [2.45, 2.75) is 32.7 Å². The van der Waals surface area contributed by atoms with E-state index in [9.17, 15) is 4.79 Å². The number of nitrogens with two attached hydrogens (primary N) is 1. The number of hydrogen-bond donors (Lipinski definition) is 1. The molecule has 0 spiro atoms. The molecular formula is C19H23NO. The standard InChI is InChI=1S/C19H23NO/c1-3-14(2)19(21)18(20)13-15-9-11-17(12-10-15)16-7-5-4-6-8-16/h4-12,14,18H,3,13,20H2,1-2H3. The molecule has 2 N–H and O–H groups in total. The lowest BCUT2D eigenvalue weighted by Crippen LogP contribution is -2.36. The van der Waals surface area contributed by atoms with Gasteiger partial charge >= 0.3 is 0 Å². The number of rotatable bonds is 6. The highest BCUT2D eigenvalue weighted by atomic mass is 16.1. The lowest BCUT2D eigenvalue weighted by atomic mass is 9.93. The van der Waals surface area contributed by atoms with E-state index in [2.05, 4.69) is 36.4 Å². The summed E-state index contributed by atoms with van der Waals surface area (Å²) in [4.78, 5) is 12.0. The average Bonchev–Trinajstić information content (AvgIpc) is 2.54. The van der Waals surface area contributed by atoms with Crippen LogP contribution in [0.3, 0.4) is 0 Å². The predicted molar refractivity (Wildman–Crippen MR) is 88.0 cm³/mol. The zero-order valence-corrected chi connectivity index (χ0v) is 12.8. The molecule has 0 saturated heterocycles. The molecule has 0 aliphatic carbocycles. The van der Waals surface area contributed by atoms with Gasteiger partial charge in [0, 0.05) is 5.92 Å². The van der Waals surface area contributed by atoms with Gasteiger partial charge in [-0.05, 0) is 29.5 Å². The number of ketones is 1. The fourth-order valence-corrected chi connectivity index (χ4v) is 2.39. The van der Waals surface area contributed by atoms with Crippen LogP contribution in [0.5, 0.6) is 0 Å². The lowest BCUT2D eigenvalue weighted by Gasteiger charge is -2.15. The molecule has 0 aliphatic rings. The molecule has 21 heavy (non-hydrogen) atoms. The molecule has 0 heterocycles. The second-order valence-electron chi connectivity index (χ2n) is 5.59. The molecule has 0 aliphatic heterocycles. The van der Waals surface area contributed by atoms with Crippen molar-refractivity contribution in [1.29, 1.82) is 0 Å². The van der Waals surface area contributed by atoms with Crippen LogP contribution in [0.15, 0.2) is 54.6 Å². The number of hydrogen-bond acceptors (Lipinski definition) is 2. The molecule has 0 bridgehead atoms. The molecule has 2 unspecified atom stereocenters. The summed E-state index contributed by atoms with van der Waals surface area (Å²) in [6.07, 6.45) is 1.46. The Morgan fingerprint density at radius 3 is 2.14 bits per heavy atom. The third-order valence-corrected chi connectivity index (χ3v) is 3.98. The topological polar surface area (TPSA) is 43.1 Å². The fraction of sp³-hybridized carbons (Fsp3) is 0.316. The summed E-state index contributed by atoms with van der Waals surface area (Å²) in [5.41, 5.74) is 9.52. The molecular weight excluding hydrogens is 258 g/mol. The van der Waals surface area contributed by atoms with Crippen LogP contribution in [0.25, 0.3) is 11.1 Å². The second kappa shape index (κ2) is 7.19. The molecule has 2 aromatic carbocycles. The first kappa shape index (κ1) is 15.5. The maximum atomic E-state index is 12.0. The first-order chi connectivity index (χ1) is 10.1. The summed E-state index contributed by atoms with van der Waals surface area (Å²) < 4.78 is 0. The Labute approximate surface area is 127 Å². The van der Waals surface area contributed by atoms with Gasteiger partial charge in [0.25, 0.3) is 0 Å². The van der Waals surface area contributed by atoms with Crippen molar-refractivity contribution < 1.29 is 4.79 Å². The maximum absolute atomic E-state index is 12.0. The van der Waals surface area contributed by atoms with Crippen LogP contribution in [0, 0.1) is 5.92 Å². The molecule has 2 aromatic rings. The summed E-state index contributed by atoms with van der Waals surface area (Å²) >= 11 is 0. The van der Waals surface area contributed by atoms with Gasteiger partial charge in [-0.3, -0.25) is 4.79 Å². The first-order valence-corrected chi connectivity index (χ1v) is 7.55. The van der Waals surface area contributed by atoms with Gasteiger partial charge in [0.1, 0.15) is 0 Å². The minimum absolute atomic E-state index is 0.0450. The Morgan fingerprint density at radius 2 is 1.57 bits per heavy atom. The smallest absolute Gasteiger partial charge is 0.152 e. The van der Waals surface area contributed by atoms with Gasteiger partial charge in [-0.15, -0.1) is 0 Å². The molecule has 0 aromatic heterocycles. The van der Waals surface area contributed by atoms with Crippen molar-refractivity contribution in [2.24, 2.45) is 11.7 Å². The minimum Gasteiger partial charge on any atom is -0.321 e. The summed E-state index contributed by atoms with van der Waals surface area (Å²) in [6.45, 7) is 3.96. The molecule has 0 saturated carbocycles. The van der Waals surface area contributed by atoms with E-state index in [4.69, 9.17) is 5.73 Å². The van der Waals surface area contributed by atoms with Gasteiger partial charge in [0.15, 0.2) is 5.78 Å². The van der Waals surface area contributed by atoms with E-state index in [-0.39, 0.29) is 11.7 Å². The highest BCUT2D eigenvalue weighted by Crippen LogP contribution is 2.20. The summed E-state index contributed by atoms with van der Waals surface area (Å²) in [7, 11) is 0. The van der Waals surface area contributed by atoms with Crippen LogP contribution < -0.4 is 5.73 Å². The van der Waals surface area contributed by atoms with Gasteiger partial charge in [-0.25, -0.2) is 0 Å². The van der Waals surface area contributed by atoms with Crippen LogP contribution in [0.1, 0.15) is 25.8 Å². The maximum Gasteiger partial charge on any atom is 0.152 e. The quantitative estimate of drug-likeness (QED) is 0.874. The Morgan fingerprint density at radius 1 is 1.00 bits per heavy atom. The van der Waals surface area contributed by atoms with Gasteiger partial charge in [0.05, 0.1) is 6.04 Å². The third-order valence-electron chi connectivity index (χ3n) is 3.98. The monoisotopic (exact) mass is 281 g/mol. The first-order valence-electron chi connectivity index (χ1n) is 7.55. The van der Waals surface area contributed by atoms with Crippen molar-refractivity contribution >= 4 is 5.78 Å². The van der Waals surface area contributed by atoms with E-state index in [1.54, 1.807) is 0 Å². The Balaban J connectivity index is 2.05. The third kappa shape index (κ3) is 4.02. The van der Waals surface area contributed by atoms with E-state index >= 15 is 0 Å².